The van der Waals surface area contributed by atoms with E-state index < -0.39 is 4.93 Å². The number of hydrogen-bond acceptors (Lipinski definition) is 3. The van der Waals surface area contributed by atoms with Crippen molar-refractivity contribution in [2.45, 2.75) is 37.9 Å². The summed E-state index contributed by atoms with van der Waals surface area (Å²) in [5.41, 5.74) is 1.69. The maximum absolute atomic E-state index is 10.0. The second-order valence-electron chi connectivity index (χ2n) is 5.09. The number of thioether (sulfide) groups is 1. The third-order valence-electron chi connectivity index (χ3n) is 2.75. The molecule has 3 heteroatoms. The van der Waals surface area contributed by atoms with Crippen molar-refractivity contribution in [3.63, 3.8) is 0 Å². The van der Waals surface area contributed by atoms with Crippen molar-refractivity contribution >= 4 is 11.8 Å². The molecule has 2 unspecified atom stereocenters. The molecule has 0 bridgehead atoms. The maximum Gasteiger partial charge on any atom is 0.146 e. The van der Waals surface area contributed by atoms with Crippen LogP contribution in [0.2, 0.25) is 0 Å². The van der Waals surface area contributed by atoms with E-state index in [0.717, 1.165) is 11.1 Å². The smallest absolute Gasteiger partial charge is 0.146 e. The van der Waals surface area contributed by atoms with Crippen LogP contribution < -0.4 is 0 Å². The standard InChI is InChI=1S/C11H16O2S/c1-6-5-11(13)9(14-11)7(8(6)12)10(2,3)4/h5,9,12-13H,1-4H3. The molecule has 0 aromatic carbocycles. The highest BCUT2D eigenvalue weighted by atomic mass is 32.2. The first kappa shape index (κ1) is 10.1. The maximum atomic E-state index is 10.0. The first-order valence-electron chi connectivity index (χ1n) is 4.79. The molecule has 1 heterocycles. The van der Waals surface area contributed by atoms with Gasteiger partial charge in [-0.2, -0.15) is 0 Å². The molecule has 2 nitrogen and oxygen atoms in total. The average molecular weight is 212 g/mol. The molecule has 0 amide bonds. The zero-order valence-corrected chi connectivity index (χ0v) is 9.77. The van der Waals surface area contributed by atoms with Crippen molar-refractivity contribution < 1.29 is 10.2 Å². The number of rotatable bonds is 0. The Hall–Kier alpha value is -0.410. The number of fused-ring (bicyclic) bond motifs is 1. The molecule has 0 aromatic rings. The first-order valence-corrected chi connectivity index (χ1v) is 5.67. The Labute approximate surface area is 88.7 Å². The van der Waals surface area contributed by atoms with Crippen LogP contribution in [0.1, 0.15) is 27.7 Å². The minimum absolute atomic E-state index is 0.0613. The average Bonchev–Trinajstić information content (AvgIpc) is 2.58. The zero-order valence-electron chi connectivity index (χ0n) is 8.96. The Morgan fingerprint density at radius 1 is 1.43 bits per heavy atom. The van der Waals surface area contributed by atoms with Crippen molar-refractivity contribution in [1.82, 2.24) is 0 Å². The molecule has 1 fully saturated rings. The highest BCUT2D eigenvalue weighted by Gasteiger charge is 2.59. The molecule has 0 radical (unpaired) electrons. The third-order valence-corrected chi connectivity index (χ3v) is 4.06. The van der Waals surface area contributed by atoms with Crippen molar-refractivity contribution in [2.24, 2.45) is 5.41 Å². The summed E-state index contributed by atoms with van der Waals surface area (Å²) in [7, 11) is 0. The SMILES string of the molecule is CC1=CC2(O)SC2C(C(C)(C)C)=C1O. The van der Waals surface area contributed by atoms with Crippen LogP contribution in [0.4, 0.5) is 0 Å². The predicted octanol–water partition coefficient (Wildman–Crippen LogP) is 2.61. The lowest BCUT2D eigenvalue weighted by atomic mass is 9.79. The Kier molecular flexibility index (Phi) is 1.87. The van der Waals surface area contributed by atoms with Crippen molar-refractivity contribution in [1.29, 1.82) is 0 Å². The van der Waals surface area contributed by atoms with Gasteiger partial charge in [0, 0.05) is 0 Å². The number of allylic oxidation sites excluding steroid dienone is 1. The molecule has 1 aliphatic heterocycles. The fourth-order valence-corrected chi connectivity index (χ4v) is 3.32. The van der Waals surface area contributed by atoms with Crippen LogP contribution in [0.5, 0.6) is 0 Å². The Balaban J connectivity index is 2.49. The van der Waals surface area contributed by atoms with Crippen molar-refractivity contribution in [2.75, 3.05) is 0 Å². The van der Waals surface area contributed by atoms with E-state index in [4.69, 9.17) is 0 Å². The van der Waals surface area contributed by atoms with E-state index in [1.807, 2.05) is 6.92 Å². The van der Waals surface area contributed by atoms with E-state index in [-0.39, 0.29) is 10.7 Å². The van der Waals surface area contributed by atoms with E-state index >= 15 is 0 Å². The Morgan fingerprint density at radius 2 is 2.00 bits per heavy atom. The Bertz CT molecular complexity index is 349. The quantitative estimate of drug-likeness (QED) is 0.606. The summed E-state index contributed by atoms with van der Waals surface area (Å²) >= 11 is 1.51. The lowest BCUT2D eigenvalue weighted by Crippen LogP contribution is -2.26. The second kappa shape index (κ2) is 2.58. The molecular formula is C11H16O2S. The van der Waals surface area contributed by atoms with Crippen LogP contribution in [0, 0.1) is 5.41 Å². The van der Waals surface area contributed by atoms with Gasteiger partial charge in [0.25, 0.3) is 0 Å². The van der Waals surface area contributed by atoms with Crippen LogP contribution in [0.25, 0.3) is 0 Å². The topological polar surface area (TPSA) is 40.5 Å². The summed E-state index contributed by atoms with van der Waals surface area (Å²) in [4.78, 5) is -0.737. The summed E-state index contributed by atoms with van der Waals surface area (Å²) in [6.45, 7) is 8.04. The predicted molar refractivity (Wildman–Crippen MR) is 59.2 cm³/mol. The zero-order chi connectivity index (χ0) is 10.7. The molecular weight excluding hydrogens is 196 g/mol. The molecule has 2 N–H and O–H groups in total. The summed E-state index contributed by atoms with van der Waals surface area (Å²) in [5, 5.41) is 20.0. The van der Waals surface area contributed by atoms with Gasteiger partial charge in [0.15, 0.2) is 0 Å². The number of aliphatic hydroxyl groups is 2. The summed E-state index contributed by atoms with van der Waals surface area (Å²) in [5.74, 6) is 0.372. The molecule has 0 spiro atoms. The van der Waals surface area contributed by atoms with Gasteiger partial charge in [0.2, 0.25) is 0 Å². The molecule has 14 heavy (non-hydrogen) atoms. The van der Waals surface area contributed by atoms with Gasteiger partial charge in [0.1, 0.15) is 10.7 Å². The molecule has 2 aliphatic rings. The molecule has 0 aromatic heterocycles. The molecule has 2 atom stereocenters. The van der Waals surface area contributed by atoms with Gasteiger partial charge in [-0.1, -0.05) is 20.8 Å². The van der Waals surface area contributed by atoms with Crippen LogP contribution in [-0.4, -0.2) is 20.4 Å². The van der Waals surface area contributed by atoms with Crippen LogP contribution in [0.15, 0.2) is 23.0 Å². The summed E-state index contributed by atoms with van der Waals surface area (Å²) in [6.07, 6.45) is 1.76. The summed E-state index contributed by atoms with van der Waals surface area (Å²) in [6, 6.07) is 0. The minimum Gasteiger partial charge on any atom is -0.508 e. The molecule has 1 saturated heterocycles. The monoisotopic (exact) mass is 212 g/mol. The van der Waals surface area contributed by atoms with Gasteiger partial charge >= 0.3 is 0 Å². The number of hydrogen-bond donors (Lipinski definition) is 2. The van der Waals surface area contributed by atoms with E-state index in [2.05, 4.69) is 20.8 Å². The molecule has 1 aliphatic carbocycles. The normalized spacial score (nSPS) is 36.6. The van der Waals surface area contributed by atoms with Gasteiger partial charge in [-0.05, 0) is 29.6 Å². The molecule has 2 rings (SSSR count). The highest BCUT2D eigenvalue weighted by Crippen LogP contribution is 2.62. The summed E-state index contributed by atoms with van der Waals surface area (Å²) < 4.78 is 0. The second-order valence-corrected chi connectivity index (χ2v) is 6.45. The van der Waals surface area contributed by atoms with Gasteiger partial charge in [-0.15, -0.1) is 11.8 Å². The fourth-order valence-electron chi connectivity index (χ4n) is 1.99. The van der Waals surface area contributed by atoms with Crippen LogP contribution in [0.3, 0.4) is 0 Å². The molecule has 78 valence electrons. The van der Waals surface area contributed by atoms with Gasteiger partial charge in [-0.25, -0.2) is 0 Å². The lowest BCUT2D eigenvalue weighted by Gasteiger charge is -2.27. The van der Waals surface area contributed by atoms with E-state index in [9.17, 15) is 10.2 Å². The Morgan fingerprint density at radius 3 is 2.50 bits per heavy atom. The minimum atomic E-state index is -0.737. The third kappa shape index (κ3) is 1.30. The van der Waals surface area contributed by atoms with Crippen molar-refractivity contribution in [3.05, 3.63) is 23.0 Å². The largest absolute Gasteiger partial charge is 0.508 e. The molecule has 0 saturated carbocycles. The van der Waals surface area contributed by atoms with Gasteiger partial charge in [-0.3, -0.25) is 0 Å². The van der Waals surface area contributed by atoms with Gasteiger partial charge in [0.05, 0.1) is 5.25 Å². The van der Waals surface area contributed by atoms with Gasteiger partial charge < -0.3 is 10.2 Å². The van der Waals surface area contributed by atoms with E-state index in [0.29, 0.717) is 5.76 Å². The van der Waals surface area contributed by atoms with Crippen LogP contribution in [-0.2, 0) is 0 Å². The highest BCUT2D eigenvalue weighted by molar-refractivity contribution is 8.08. The fraction of sp³-hybridized carbons (Fsp3) is 0.636. The van der Waals surface area contributed by atoms with E-state index in [1.165, 1.54) is 11.8 Å². The lowest BCUT2D eigenvalue weighted by molar-refractivity contribution is 0.211. The van der Waals surface area contributed by atoms with Crippen LogP contribution >= 0.6 is 11.8 Å². The number of aliphatic hydroxyl groups excluding tert-OH is 1. The van der Waals surface area contributed by atoms with E-state index in [1.54, 1.807) is 6.08 Å². The first-order chi connectivity index (χ1) is 6.26. The van der Waals surface area contributed by atoms with Crippen molar-refractivity contribution in [3.8, 4) is 0 Å².